The summed E-state index contributed by atoms with van der Waals surface area (Å²) in [4.78, 5) is 19.7. The summed E-state index contributed by atoms with van der Waals surface area (Å²) in [6.45, 7) is 4.16. The van der Waals surface area contributed by atoms with Crippen molar-refractivity contribution in [1.29, 1.82) is 0 Å². The molecule has 1 aromatic carbocycles. The van der Waals surface area contributed by atoms with Crippen LogP contribution in [0.25, 0.3) is 0 Å². The third-order valence-corrected chi connectivity index (χ3v) is 3.06. The molecule has 0 saturated carbocycles. The Bertz CT molecular complexity index is 637. The number of carbonyl (C=O) groups excluding carboxylic acids is 1. The van der Waals surface area contributed by atoms with Crippen LogP contribution in [0.1, 0.15) is 29.8 Å². The number of aromatic nitrogens is 2. The SMILES string of the molecule is CC.COc1nc(Cl)nc(Cl)c1C(=O)COCc1ccccc1. The normalized spacial score (nSPS) is 9.78. The predicted octanol–water partition coefficient (Wildman–Crippen LogP) is 4.22. The van der Waals surface area contributed by atoms with Gasteiger partial charge in [0.1, 0.15) is 17.3 Å². The molecule has 7 heteroatoms. The lowest BCUT2D eigenvalue weighted by Gasteiger charge is -2.09. The summed E-state index contributed by atoms with van der Waals surface area (Å²) in [5, 5.41) is -0.140. The summed E-state index contributed by atoms with van der Waals surface area (Å²) in [6, 6.07) is 9.51. The molecule has 1 heterocycles. The van der Waals surface area contributed by atoms with E-state index in [0.29, 0.717) is 6.61 Å². The van der Waals surface area contributed by atoms with Crippen molar-refractivity contribution in [1.82, 2.24) is 9.97 Å². The van der Waals surface area contributed by atoms with Crippen LogP contribution >= 0.6 is 23.2 Å². The van der Waals surface area contributed by atoms with Crippen LogP contribution in [0, 0.1) is 0 Å². The minimum Gasteiger partial charge on any atom is -0.480 e. The number of methoxy groups -OCH3 is 1. The van der Waals surface area contributed by atoms with E-state index < -0.39 is 0 Å². The van der Waals surface area contributed by atoms with Crippen LogP contribution in [0.4, 0.5) is 0 Å². The van der Waals surface area contributed by atoms with E-state index in [9.17, 15) is 4.79 Å². The third-order valence-electron chi connectivity index (χ3n) is 2.62. The molecule has 0 aliphatic heterocycles. The Kier molecular flexibility index (Phi) is 8.55. The molecule has 0 aliphatic rings. The molecule has 0 unspecified atom stereocenters. The van der Waals surface area contributed by atoms with Crippen LogP contribution < -0.4 is 4.74 Å². The Morgan fingerprint density at radius 1 is 1.13 bits per heavy atom. The van der Waals surface area contributed by atoms with Crippen LogP contribution in [0.5, 0.6) is 5.88 Å². The lowest BCUT2D eigenvalue weighted by molar-refractivity contribution is 0.0723. The van der Waals surface area contributed by atoms with Crippen LogP contribution in [-0.2, 0) is 11.3 Å². The number of benzene rings is 1. The smallest absolute Gasteiger partial charge is 0.230 e. The van der Waals surface area contributed by atoms with Crippen LogP contribution in [0.3, 0.4) is 0 Å². The maximum absolute atomic E-state index is 12.1. The van der Waals surface area contributed by atoms with Crippen molar-refractivity contribution in [3.05, 3.63) is 51.9 Å². The first-order valence-corrected chi connectivity index (χ1v) is 7.79. The molecule has 0 fully saturated rings. The van der Waals surface area contributed by atoms with Gasteiger partial charge in [-0.2, -0.15) is 4.98 Å². The molecule has 23 heavy (non-hydrogen) atoms. The number of nitrogens with zero attached hydrogens (tertiary/aromatic N) is 2. The molecule has 2 rings (SSSR count). The summed E-state index contributed by atoms with van der Waals surface area (Å²) in [6.07, 6.45) is 0. The summed E-state index contributed by atoms with van der Waals surface area (Å²) in [5.41, 5.74) is 1.03. The molecule has 1 aromatic heterocycles. The standard InChI is InChI=1S/C14H12Cl2N2O3.C2H6/c1-20-13-11(12(15)17-14(16)18-13)10(19)8-21-7-9-5-3-2-4-6-9;1-2/h2-6H,7-8H2,1H3;1-2H3. The fourth-order valence-electron chi connectivity index (χ4n) is 1.68. The molecule has 0 spiro atoms. The number of Topliss-reactive ketones (excluding diaryl/α,β-unsaturated/α-hetero) is 1. The van der Waals surface area contributed by atoms with E-state index in [2.05, 4.69) is 9.97 Å². The highest BCUT2D eigenvalue weighted by atomic mass is 35.5. The van der Waals surface area contributed by atoms with E-state index in [1.54, 1.807) is 0 Å². The largest absolute Gasteiger partial charge is 0.480 e. The molecule has 2 aromatic rings. The number of ether oxygens (including phenoxy) is 2. The van der Waals surface area contributed by atoms with Gasteiger partial charge in [0, 0.05) is 0 Å². The quantitative estimate of drug-likeness (QED) is 0.440. The van der Waals surface area contributed by atoms with Gasteiger partial charge in [0.2, 0.25) is 11.2 Å². The topological polar surface area (TPSA) is 61.3 Å². The van der Waals surface area contributed by atoms with Crippen molar-refractivity contribution in [2.45, 2.75) is 20.5 Å². The minimum absolute atomic E-state index is 0.0355. The van der Waals surface area contributed by atoms with Crippen molar-refractivity contribution < 1.29 is 14.3 Å². The van der Waals surface area contributed by atoms with Gasteiger partial charge in [-0.1, -0.05) is 55.8 Å². The van der Waals surface area contributed by atoms with Gasteiger partial charge in [0.05, 0.1) is 13.7 Å². The Morgan fingerprint density at radius 2 is 1.78 bits per heavy atom. The number of halogens is 2. The van der Waals surface area contributed by atoms with Gasteiger partial charge in [-0.15, -0.1) is 0 Å². The molecule has 124 valence electrons. The van der Waals surface area contributed by atoms with Gasteiger partial charge in [-0.05, 0) is 17.2 Å². The van der Waals surface area contributed by atoms with E-state index >= 15 is 0 Å². The highest BCUT2D eigenvalue weighted by molar-refractivity contribution is 6.34. The maximum Gasteiger partial charge on any atom is 0.230 e. The predicted molar refractivity (Wildman–Crippen MR) is 90.4 cm³/mol. The Labute approximate surface area is 145 Å². The van der Waals surface area contributed by atoms with Crippen molar-refractivity contribution in [3.63, 3.8) is 0 Å². The average Bonchev–Trinajstić information content (AvgIpc) is 2.56. The summed E-state index contributed by atoms with van der Waals surface area (Å²) in [5.74, 6) is -0.335. The second kappa shape index (κ2) is 10.2. The number of hydrogen-bond acceptors (Lipinski definition) is 5. The van der Waals surface area contributed by atoms with Gasteiger partial charge in [-0.25, -0.2) is 4.98 Å². The zero-order valence-electron chi connectivity index (χ0n) is 13.2. The molecule has 0 N–H and O–H groups in total. The maximum atomic E-state index is 12.1. The zero-order chi connectivity index (χ0) is 17.2. The molecule has 0 radical (unpaired) electrons. The van der Waals surface area contributed by atoms with E-state index in [-0.39, 0.29) is 34.3 Å². The van der Waals surface area contributed by atoms with Crippen molar-refractivity contribution >= 4 is 29.0 Å². The van der Waals surface area contributed by atoms with Gasteiger partial charge >= 0.3 is 0 Å². The first kappa shape index (κ1) is 19.4. The molecule has 5 nitrogen and oxygen atoms in total. The number of hydrogen-bond donors (Lipinski definition) is 0. The summed E-state index contributed by atoms with van der Waals surface area (Å²) >= 11 is 11.6. The van der Waals surface area contributed by atoms with Gasteiger partial charge < -0.3 is 9.47 Å². The van der Waals surface area contributed by atoms with Gasteiger partial charge in [0.25, 0.3) is 0 Å². The fraction of sp³-hybridized carbons (Fsp3) is 0.312. The lowest BCUT2D eigenvalue weighted by atomic mass is 10.2. The van der Waals surface area contributed by atoms with Crippen LogP contribution in [-0.4, -0.2) is 29.5 Å². The van der Waals surface area contributed by atoms with Crippen LogP contribution in [0.15, 0.2) is 30.3 Å². The summed E-state index contributed by atoms with van der Waals surface area (Å²) in [7, 11) is 1.37. The second-order valence-electron chi connectivity index (χ2n) is 4.07. The molecular weight excluding hydrogens is 339 g/mol. The number of rotatable bonds is 6. The van der Waals surface area contributed by atoms with E-state index in [1.165, 1.54) is 7.11 Å². The zero-order valence-corrected chi connectivity index (χ0v) is 14.7. The van der Waals surface area contributed by atoms with Gasteiger partial charge in [0.15, 0.2) is 5.78 Å². The van der Waals surface area contributed by atoms with Gasteiger partial charge in [-0.3, -0.25) is 4.79 Å². The lowest BCUT2D eigenvalue weighted by Crippen LogP contribution is -2.13. The minimum atomic E-state index is -0.371. The Morgan fingerprint density at radius 3 is 2.39 bits per heavy atom. The molecule has 0 bridgehead atoms. The molecule has 0 saturated heterocycles. The summed E-state index contributed by atoms with van der Waals surface area (Å²) < 4.78 is 10.4. The highest BCUT2D eigenvalue weighted by Gasteiger charge is 2.20. The molecule has 0 aliphatic carbocycles. The number of carbonyl (C=O) groups is 1. The van der Waals surface area contributed by atoms with Crippen LogP contribution in [0.2, 0.25) is 10.4 Å². The second-order valence-corrected chi connectivity index (χ2v) is 4.77. The molecule has 0 amide bonds. The monoisotopic (exact) mass is 356 g/mol. The Balaban J connectivity index is 0.00000127. The van der Waals surface area contributed by atoms with Crippen molar-refractivity contribution in [3.8, 4) is 5.88 Å². The highest BCUT2D eigenvalue weighted by Crippen LogP contribution is 2.25. The van der Waals surface area contributed by atoms with E-state index in [4.69, 9.17) is 32.7 Å². The number of ketones is 1. The molecule has 0 atom stereocenters. The third kappa shape index (κ3) is 5.78. The average molecular weight is 357 g/mol. The van der Waals surface area contributed by atoms with E-state index in [1.807, 2.05) is 44.2 Å². The van der Waals surface area contributed by atoms with Crippen molar-refractivity contribution in [2.75, 3.05) is 13.7 Å². The van der Waals surface area contributed by atoms with E-state index in [0.717, 1.165) is 5.56 Å². The molecular formula is C16H18Cl2N2O3. The first-order chi connectivity index (χ1) is 11.1. The first-order valence-electron chi connectivity index (χ1n) is 7.03. The fourth-order valence-corrected chi connectivity index (χ4v) is 2.15. The van der Waals surface area contributed by atoms with Crippen molar-refractivity contribution in [2.24, 2.45) is 0 Å². The Hall–Kier alpha value is -1.69.